The van der Waals surface area contributed by atoms with Crippen LogP contribution in [0.2, 0.25) is 0 Å². The minimum Gasteiger partial charge on any atom is -0.507 e. The Kier molecular flexibility index (Phi) is 25.9. The predicted octanol–water partition coefficient (Wildman–Crippen LogP) is 15.1. The van der Waals surface area contributed by atoms with Crippen molar-refractivity contribution in [2.45, 2.75) is 150 Å². The van der Waals surface area contributed by atoms with Gasteiger partial charge in [-0.15, -0.1) is 13.2 Å². The van der Waals surface area contributed by atoms with Crippen molar-refractivity contribution < 1.29 is 96.8 Å². The summed E-state index contributed by atoms with van der Waals surface area (Å²) in [5, 5.41) is 31.2. The number of carbonyl (C=O) groups is 6. The maximum absolute atomic E-state index is 16.2. The van der Waals surface area contributed by atoms with Gasteiger partial charge in [-0.1, -0.05) is 79.5 Å². The van der Waals surface area contributed by atoms with Crippen LogP contribution in [0.15, 0.2) is 162 Å². The SMILES string of the molecule is C=CC(=O)N1CC2C(=O)N(C(F)(F)F)c3c(c4cc(F)c(-c5c(O)cccc5F)nc4n(-c4c(C)ccnc4C(C)C)c3=O)N2CC1C.C=CC(=O)N1CC2C(=O)N(C(F)F)c3c(c4cc(F)c(-c5c(O)cccc5F)nc4n(-c4c(C)ccnc4C(C)C)c3=O)N2CC1C.C=CC(=O)N1CC2C(=O)N(CF)c3c(c4cc(F)c(-c5c(O)cccc5F)nc4n(-c4c(C)ccnc4C(C)C)c3=O)N2CC1C. The van der Waals surface area contributed by atoms with Crippen LogP contribution in [-0.4, -0.2) is 204 Å². The fraction of sp³-hybridized carbons (Fsp3) is 0.303. The summed E-state index contributed by atoms with van der Waals surface area (Å²) in [7, 11) is 0. The van der Waals surface area contributed by atoms with Crippen LogP contribution in [0.4, 0.5) is 86.8 Å². The number of nitrogens with zero attached hydrogens (tertiary/aromatic N) is 18. The molecule has 12 aromatic rings. The number of rotatable bonds is 14. The molecular formula is C99H90F12N18O12. The molecule has 6 aliphatic heterocycles. The number of fused-ring (bicyclic) bond motifs is 15. The van der Waals surface area contributed by atoms with Gasteiger partial charge in [-0.05, 0) is 167 Å². The number of aromatic hydroxyl groups is 3. The molecule has 6 amide bonds. The number of hydrogen-bond acceptors (Lipinski definition) is 21. The van der Waals surface area contributed by atoms with Gasteiger partial charge in [0.25, 0.3) is 34.4 Å². The van der Waals surface area contributed by atoms with Crippen LogP contribution in [0.25, 0.3) is 83.9 Å². The van der Waals surface area contributed by atoms with Gasteiger partial charge in [0.1, 0.15) is 87.0 Å². The Balaban J connectivity index is 0.000000152. The molecule has 0 spiro atoms. The fourth-order valence-electron chi connectivity index (χ4n) is 19.5. The van der Waals surface area contributed by atoms with E-state index in [1.165, 1.54) is 67.2 Å². The highest BCUT2D eigenvalue weighted by Gasteiger charge is 2.57. The highest BCUT2D eigenvalue weighted by molar-refractivity contribution is 6.16. The summed E-state index contributed by atoms with van der Waals surface area (Å²) in [5.41, 5.74) is -7.13. The Hall–Kier alpha value is -15.8. The number of carbonyl (C=O) groups excluding carboxylic acids is 6. The lowest BCUT2D eigenvalue weighted by Crippen LogP contribution is -2.68. The van der Waals surface area contributed by atoms with Crippen LogP contribution >= 0.6 is 0 Å². The molecule has 0 radical (unpaired) electrons. The predicted molar refractivity (Wildman–Crippen MR) is 501 cm³/mol. The van der Waals surface area contributed by atoms with E-state index in [-0.39, 0.29) is 123 Å². The van der Waals surface area contributed by atoms with Crippen molar-refractivity contribution in [3.8, 4) is 68.1 Å². The Morgan fingerprint density at radius 1 is 0.418 bits per heavy atom. The molecule has 18 rings (SSSR count). The Morgan fingerprint density at radius 2 is 0.716 bits per heavy atom. The molecule has 0 aliphatic carbocycles. The Morgan fingerprint density at radius 3 is 1.01 bits per heavy atom. The molecule has 3 fully saturated rings. The van der Waals surface area contributed by atoms with Crippen molar-refractivity contribution >= 4 is 103 Å². The topological polar surface area (TPSA) is 336 Å². The van der Waals surface area contributed by atoms with Crippen LogP contribution in [0, 0.1) is 55.7 Å². The van der Waals surface area contributed by atoms with Crippen molar-refractivity contribution in [3.05, 3.63) is 247 Å². The number of anilines is 6. The number of phenols is 3. The van der Waals surface area contributed by atoms with Crippen LogP contribution < -0.4 is 46.1 Å². The summed E-state index contributed by atoms with van der Waals surface area (Å²) in [6.45, 7) is 25.2. The molecule has 0 bridgehead atoms. The first-order valence-electron chi connectivity index (χ1n) is 44.4. The third-order valence-electron chi connectivity index (χ3n) is 26.0. The second-order valence-corrected chi connectivity index (χ2v) is 35.7. The average Bonchev–Trinajstić information content (AvgIpc) is 0.702. The molecule has 3 saturated heterocycles. The average molecular weight is 1950 g/mol. The van der Waals surface area contributed by atoms with Gasteiger partial charge in [0, 0.05) is 72.5 Å². The standard InChI is InChI=1S/C33H29F5N6O4.C33H30F4N6O4.C33H31F3N6O4/c1-6-23(46)41-14-21-31(47)44(33(36,37)38)29-28(42(21)13-17(41)5)18-12-20(35)26(24-19(34)8-7-9-22(24)45)40-30(18)43(32(29)48)27-16(4)10-11-39-25(27)15(2)3;1-6-23(45)40-14-21-31(46)43(33(36)37)29-28(41(21)13-17(40)5)18-12-20(35)26(24-19(34)8-7-9-22(24)44)39-30(18)42(32(29)47)27-16(4)10-11-38-25(27)15(2)3;1-6-24(44)39-14-22-32(45)41(15-34)30-29(40(22)13-18(39)5)19-12-21(36)27(25-20(35)8-7-9-23(25)43)38-31(19)42(33(30)46)28-17(4)10-11-37-26(28)16(2)3/h6-12,15,17,21,45H,1,13-14H2,2-5H3;6-12,15,17,21,33,44H,1,13-14H2,2-5H3;6-12,16,18,22,43H,1,13-15H2,2-5H3. The van der Waals surface area contributed by atoms with Gasteiger partial charge in [0.15, 0.2) is 41.2 Å². The van der Waals surface area contributed by atoms with Gasteiger partial charge in [0.2, 0.25) is 17.7 Å². The maximum atomic E-state index is 16.2. The lowest BCUT2D eigenvalue weighted by Gasteiger charge is -2.50. The number of phenolic OH excluding ortho intramolecular Hbond substituents is 3. The molecular weight excluding hydrogens is 1860 g/mol. The number of amides is 6. The summed E-state index contributed by atoms with van der Waals surface area (Å²) in [6.07, 6.45) is 2.27. The molecule has 15 heterocycles. The maximum Gasteiger partial charge on any atom is 0.491 e. The van der Waals surface area contributed by atoms with Crippen molar-refractivity contribution in [1.29, 1.82) is 0 Å². The van der Waals surface area contributed by atoms with E-state index < -0.39 is 222 Å². The third-order valence-corrected chi connectivity index (χ3v) is 26.0. The molecule has 3 aromatic carbocycles. The number of aromatic nitrogens is 9. The smallest absolute Gasteiger partial charge is 0.491 e. The van der Waals surface area contributed by atoms with Crippen LogP contribution in [0.5, 0.6) is 17.2 Å². The van der Waals surface area contributed by atoms with Gasteiger partial charge in [0.05, 0.1) is 87.5 Å². The van der Waals surface area contributed by atoms with Crippen LogP contribution in [0.1, 0.15) is 114 Å². The summed E-state index contributed by atoms with van der Waals surface area (Å²) in [5.74, 6) is -14.0. The van der Waals surface area contributed by atoms with Crippen molar-refractivity contribution in [2.75, 3.05) is 75.5 Å². The molecule has 732 valence electrons. The highest BCUT2D eigenvalue weighted by atomic mass is 19.4. The number of aryl methyl sites for hydroxylation is 3. The van der Waals surface area contributed by atoms with Gasteiger partial charge in [-0.2, -0.15) is 8.78 Å². The lowest BCUT2D eigenvalue weighted by atomic mass is 9.97. The fourth-order valence-corrected chi connectivity index (χ4v) is 19.5. The van der Waals surface area contributed by atoms with Crippen LogP contribution in [-0.2, 0) is 28.8 Å². The molecule has 9 aromatic heterocycles. The normalized spacial score (nSPS) is 17.9. The molecule has 3 N–H and O–H groups in total. The molecule has 6 unspecified atom stereocenters. The number of pyridine rings is 9. The largest absolute Gasteiger partial charge is 0.507 e. The number of piperazine rings is 3. The zero-order valence-electron chi connectivity index (χ0n) is 77.6. The molecule has 42 heteroatoms. The first-order valence-corrected chi connectivity index (χ1v) is 44.4. The summed E-state index contributed by atoms with van der Waals surface area (Å²) < 4.78 is 186. The van der Waals surface area contributed by atoms with Gasteiger partial charge in [-0.3, -0.25) is 76.7 Å². The zero-order chi connectivity index (χ0) is 102. The first-order chi connectivity index (χ1) is 66.8. The minimum absolute atomic E-state index is 0.0382. The minimum atomic E-state index is -5.42. The molecule has 0 saturated carbocycles. The number of halogens is 12. The van der Waals surface area contributed by atoms with Crippen LogP contribution in [0.3, 0.4) is 0 Å². The van der Waals surface area contributed by atoms with E-state index >= 15 is 26.3 Å². The van der Waals surface area contributed by atoms with Gasteiger partial charge in [-0.25, -0.2) is 55.5 Å². The van der Waals surface area contributed by atoms with Gasteiger partial charge >= 0.3 is 12.8 Å². The van der Waals surface area contributed by atoms with E-state index in [2.05, 4.69) is 49.6 Å². The molecule has 6 atom stereocenters. The second kappa shape index (κ2) is 37.2. The van der Waals surface area contributed by atoms with Gasteiger partial charge < -0.3 is 44.7 Å². The molecule has 141 heavy (non-hydrogen) atoms. The van der Waals surface area contributed by atoms with E-state index in [0.29, 0.717) is 38.7 Å². The van der Waals surface area contributed by atoms with E-state index in [0.717, 1.165) is 80.5 Å². The monoisotopic (exact) mass is 1950 g/mol. The van der Waals surface area contributed by atoms with Crippen molar-refractivity contribution in [2.24, 2.45) is 0 Å². The summed E-state index contributed by atoms with van der Waals surface area (Å²) in [6, 6.07) is 11.9. The number of benzene rings is 3. The highest BCUT2D eigenvalue weighted by Crippen LogP contribution is 2.52. The number of alkyl halides is 6. The van der Waals surface area contributed by atoms with E-state index in [9.17, 15) is 84.8 Å². The Bertz CT molecular complexity index is 7480. The van der Waals surface area contributed by atoms with E-state index in [1.54, 1.807) is 92.5 Å². The quantitative estimate of drug-likeness (QED) is 0.0517. The van der Waals surface area contributed by atoms with E-state index in [1.807, 2.05) is 13.8 Å². The lowest BCUT2D eigenvalue weighted by molar-refractivity contribution is -0.153. The summed E-state index contributed by atoms with van der Waals surface area (Å²) >= 11 is 0. The molecule has 6 aliphatic rings. The summed E-state index contributed by atoms with van der Waals surface area (Å²) in [4.78, 5) is 158. The third kappa shape index (κ3) is 16.2. The van der Waals surface area contributed by atoms with E-state index in [4.69, 9.17) is 0 Å². The first kappa shape index (κ1) is 98.2. The molecule has 30 nitrogen and oxygen atoms in total. The zero-order valence-corrected chi connectivity index (χ0v) is 77.6. The van der Waals surface area contributed by atoms with Crippen molar-refractivity contribution in [3.63, 3.8) is 0 Å². The number of hydrogen-bond donors (Lipinski definition) is 3. The van der Waals surface area contributed by atoms with Crippen molar-refractivity contribution in [1.82, 2.24) is 58.3 Å². The Labute approximate surface area is 794 Å². The second-order valence-electron chi connectivity index (χ2n) is 35.7.